The lowest BCUT2D eigenvalue weighted by molar-refractivity contribution is 0.0983. The highest BCUT2D eigenvalue weighted by Crippen LogP contribution is 2.31. The largest absolute Gasteiger partial charge is 0.309 e. The fourth-order valence-corrected chi connectivity index (χ4v) is 3.16. The number of likely N-dealkylation sites (N-methyl/N-ethyl adjacent to an activating group) is 1. The van der Waals surface area contributed by atoms with Crippen LogP contribution in [-0.4, -0.2) is 36.1 Å². The smallest absolute Gasteiger partial charge is 0.0542 e. The molecule has 0 unspecified atom stereocenters. The third kappa shape index (κ3) is 4.01. The molecule has 0 atom stereocenters. The first kappa shape index (κ1) is 14.9. The Morgan fingerprint density at radius 3 is 2.58 bits per heavy atom. The standard InChI is InChI=1S/C15H24BrN3/c1-19(2)15(8-4-3-5-9-15)12-17-11-14-7-6-13(16)10-18-14/h6-7,10,17H,3-5,8-9,11-12H2,1-2H3. The molecular formula is C15H24BrN3. The molecule has 1 saturated carbocycles. The quantitative estimate of drug-likeness (QED) is 0.901. The van der Waals surface area contributed by atoms with Gasteiger partial charge in [-0.15, -0.1) is 0 Å². The molecule has 19 heavy (non-hydrogen) atoms. The van der Waals surface area contributed by atoms with E-state index in [1.807, 2.05) is 12.3 Å². The van der Waals surface area contributed by atoms with Crippen LogP contribution in [0.4, 0.5) is 0 Å². The summed E-state index contributed by atoms with van der Waals surface area (Å²) < 4.78 is 1.04. The van der Waals surface area contributed by atoms with Crippen molar-refractivity contribution >= 4 is 15.9 Å². The van der Waals surface area contributed by atoms with Gasteiger partial charge in [0.15, 0.2) is 0 Å². The third-order valence-electron chi connectivity index (χ3n) is 4.28. The van der Waals surface area contributed by atoms with E-state index in [1.54, 1.807) is 0 Å². The predicted molar refractivity (Wildman–Crippen MR) is 83.1 cm³/mol. The summed E-state index contributed by atoms with van der Waals surface area (Å²) >= 11 is 3.41. The molecule has 0 spiro atoms. The van der Waals surface area contributed by atoms with Gasteiger partial charge in [-0.1, -0.05) is 19.3 Å². The summed E-state index contributed by atoms with van der Waals surface area (Å²) in [6.07, 6.45) is 8.58. The van der Waals surface area contributed by atoms with E-state index in [2.05, 4.69) is 51.3 Å². The number of hydrogen-bond donors (Lipinski definition) is 1. The van der Waals surface area contributed by atoms with Crippen LogP contribution < -0.4 is 5.32 Å². The van der Waals surface area contributed by atoms with Gasteiger partial charge in [0.25, 0.3) is 0 Å². The van der Waals surface area contributed by atoms with Gasteiger partial charge in [-0.2, -0.15) is 0 Å². The molecule has 1 fully saturated rings. The van der Waals surface area contributed by atoms with Gasteiger partial charge in [-0.05, 0) is 55.0 Å². The second-order valence-corrected chi connectivity index (χ2v) is 6.67. The number of halogens is 1. The van der Waals surface area contributed by atoms with Crippen molar-refractivity contribution in [2.24, 2.45) is 0 Å². The predicted octanol–water partition coefficient (Wildman–Crippen LogP) is 3.20. The van der Waals surface area contributed by atoms with Gasteiger partial charge in [-0.25, -0.2) is 0 Å². The summed E-state index contributed by atoms with van der Waals surface area (Å²) in [4.78, 5) is 6.82. The van der Waals surface area contributed by atoms with E-state index in [0.717, 1.165) is 23.3 Å². The van der Waals surface area contributed by atoms with Crippen LogP contribution in [0.1, 0.15) is 37.8 Å². The molecule has 2 rings (SSSR count). The monoisotopic (exact) mass is 325 g/mol. The van der Waals surface area contributed by atoms with Crippen LogP contribution >= 0.6 is 15.9 Å². The number of nitrogens with one attached hydrogen (secondary N) is 1. The van der Waals surface area contributed by atoms with Gasteiger partial charge in [0.2, 0.25) is 0 Å². The SMILES string of the molecule is CN(C)C1(CNCc2ccc(Br)cn2)CCCCC1. The molecule has 0 radical (unpaired) electrons. The van der Waals surface area contributed by atoms with E-state index in [9.17, 15) is 0 Å². The minimum Gasteiger partial charge on any atom is -0.309 e. The number of pyridine rings is 1. The highest BCUT2D eigenvalue weighted by molar-refractivity contribution is 9.10. The van der Waals surface area contributed by atoms with Crippen molar-refractivity contribution in [3.63, 3.8) is 0 Å². The van der Waals surface area contributed by atoms with Crippen molar-refractivity contribution in [1.82, 2.24) is 15.2 Å². The molecule has 3 nitrogen and oxygen atoms in total. The maximum absolute atomic E-state index is 4.41. The van der Waals surface area contributed by atoms with Crippen molar-refractivity contribution < 1.29 is 0 Å². The van der Waals surface area contributed by atoms with Crippen molar-refractivity contribution in [1.29, 1.82) is 0 Å². The summed E-state index contributed by atoms with van der Waals surface area (Å²) in [5, 5.41) is 3.59. The van der Waals surface area contributed by atoms with Crippen LogP contribution in [0.5, 0.6) is 0 Å². The fourth-order valence-electron chi connectivity index (χ4n) is 2.93. The summed E-state index contributed by atoms with van der Waals surface area (Å²) in [5.74, 6) is 0. The van der Waals surface area contributed by atoms with Crippen LogP contribution in [0.15, 0.2) is 22.8 Å². The lowest BCUT2D eigenvalue weighted by Crippen LogP contribution is -2.52. The molecule has 1 N–H and O–H groups in total. The highest BCUT2D eigenvalue weighted by atomic mass is 79.9. The zero-order chi connectivity index (χ0) is 13.7. The average molecular weight is 326 g/mol. The zero-order valence-electron chi connectivity index (χ0n) is 12.0. The molecule has 106 valence electrons. The fraction of sp³-hybridized carbons (Fsp3) is 0.667. The Morgan fingerprint density at radius 2 is 2.00 bits per heavy atom. The molecule has 1 aromatic rings. The second kappa shape index (κ2) is 6.82. The molecule has 4 heteroatoms. The molecule has 1 aliphatic rings. The number of nitrogens with zero attached hydrogens (tertiary/aromatic N) is 2. The lowest BCUT2D eigenvalue weighted by Gasteiger charge is -2.43. The molecule has 0 saturated heterocycles. The highest BCUT2D eigenvalue weighted by Gasteiger charge is 2.33. The van der Waals surface area contributed by atoms with Gasteiger partial charge in [0.1, 0.15) is 0 Å². The van der Waals surface area contributed by atoms with E-state index in [4.69, 9.17) is 0 Å². The first-order valence-electron chi connectivity index (χ1n) is 7.11. The zero-order valence-corrected chi connectivity index (χ0v) is 13.5. The Labute approximate surface area is 124 Å². The second-order valence-electron chi connectivity index (χ2n) is 5.75. The van der Waals surface area contributed by atoms with E-state index in [1.165, 1.54) is 32.1 Å². The van der Waals surface area contributed by atoms with Crippen molar-refractivity contribution in [3.05, 3.63) is 28.5 Å². The molecule has 1 heterocycles. The normalized spacial score (nSPS) is 18.7. The molecule has 0 bridgehead atoms. The van der Waals surface area contributed by atoms with Gasteiger partial charge < -0.3 is 10.2 Å². The van der Waals surface area contributed by atoms with Gasteiger partial charge in [-0.3, -0.25) is 4.98 Å². The Balaban J connectivity index is 1.87. The van der Waals surface area contributed by atoms with Crippen LogP contribution in [0, 0.1) is 0 Å². The van der Waals surface area contributed by atoms with E-state index < -0.39 is 0 Å². The lowest BCUT2D eigenvalue weighted by atomic mass is 9.80. The maximum atomic E-state index is 4.41. The van der Waals surface area contributed by atoms with Gasteiger partial charge >= 0.3 is 0 Å². The van der Waals surface area contributed by atoms with Gasteiger partial charge in [0, 0.05) is 29.3 Å². The average Bonchev–Trinajstić information content (AvgIpc) is 2.42. The minimum atomic E-state index is 0.341. The number of hydrogen-bond acceptors (Lipinski definition) is 3. The Hall–Kier alpha value is -0.450. The Bertz CT molecular complexity index is 383. The molecule has 0 aliphatic heterocycles. The third-order valence-corrected chi connectivity index (χ3v) is 4.75. The molecular weight excluding hydrogens is 302 g/mol. The van der Waals surface area contributed by atoms with E-state index >= 15 is 0 Å². The van der Waals surface area contributed by atoms with Crippen LogP contribution in [0.2, 0.25) is 0 Å². The summed E-state index contributed by atoms with van der Waals surface area (Å²) in [7, 11) is 4.43. The van der Waals surface area contributed by atoms with Crippen molar-refractivity contribution in [3.8, 4) is 0 Å². The number of aromatic nitrogens is 1. The van der Waals surface area contributed by atoms with E-state index in [-0.39, 0.29) is 0 Å². The number of rotatable bonds is 5. The summed E-state index contributed by atoms with van der Waals surface area (Å²) in [6.45, 7) is 1.90. The Kier molecular flexibility index (Phi) is 5.37. The molecule has 1 aromatic heterocycles. The summed E-state index contributed by atoms with van der Waals surface area (Å²) in [6, 6.07) is 4.12. The maximum Gasteiger partial charge on any atom is 0.0542 e. The summed E-state index contributed by atoms with van der Waals surface area (Å²) in [5.41, 5.74) is 1.45. The Morgan fingerprint density at radius 1 is 1.26 bits per heavy atom. The van der Waals surface area contributed by atoms with Gasteiger partial charge in [0.05, 0.1) is 5.69 Å². The molecule has 0 amide bonds. The van der Waals surface area contributed by atoms with E-state index in [0.29, 0.717) is 5.54 Å². The van der Waals surface area contributed by atoms with Crippen LogP contribution in [0.3, 0.4) is 0 Å². The molecule has 1 aliphatic carbocycles. The van der Waals surface area contributed by atoms with Crippen molar-refractivity contribution in [2.75, 3.05) is 20.6 Å². The van der Waals surface area contributed by atoms with Crippen molar-refractivity contribution in [2.45, 2.75) is 44.2 Å². The van der Waals surface area contributed by atoms with Crippen LogP contribution in [-0.2, 0) is 6.54 Å². The molecule has 0 aromatic carbocycles. The van der Waals surface area contributed by atoms with Crippen LogP contribution in [0.25, 0.3) is 0 Å². The first-order valence-corrected chi connectivity index (χ1v) is 7.90. The minimum absolute atomic E-state index is 0.341. The first-order chi connectivity index (χ1) is 9.12. The topological polar surface area (TPSA) is 28.2 Å².